The van der Waals surface area contributed by atoms with Crippen molar-refractivity contribution >= 4 is 50.9 Å². The van der Waals surface area contributed by atoms with Crippen LogP contribution in [0.15, 0.2) is 24.3 Å². The summed E-state index contributed by atoms with van der Waals surface area (Å²) in [5.41, 5.74) is 1.55. The second-order valence-electron chi connectivity index (χ2n) is 4.59. The highest BCUT2D eigenvalue weighted by Crippen LogP contribution is 2.22. The van der Waals surface area contributed by atoms with Crippen LogP contribution in [-0.2, 0) is 11.2 Å². The summed E-state index contributed by atoms with van der Waals surface area (Å²) in [6, 6.07) is 7.23. The van der Waals surface area contributed by atoms with Gasteiger partial charge >= 0.3 is 0 Å². The lowest BCUT2D eigenvalue weighted by Gasteiger charge is -2.06. The Morgan fingerprint density at radius 3 is 2.68 bits per heavy atom. The minimum atomic E-state index is -0.282. The molecule has 22 heavy (non-hydrogen) atoms. The van der Waals surface area contributed by atoms with Crippen molar-refractivity contribution in [2.45, 2.75) is 20.3 Å². The lowest BCUT2D eigenvalue weighted by Crippen LogP contribution is -2.33. The molecule has 0 atom stereocenters. The van der Waals surface area contributed by atoms with E-state index < -0.39 is 0 Å². The van der Waals surface area contributed by atoms with Gasteiger partial charge in [0.25, 0.3) is 5.91 Å². The summed E-state index contributed by atoms with van der Waals surface area (Å²) in [5, 5.41) is 5.90. The molecule has 2 rings (SSSR count). The summed E-state index contributed by atoms with van der Waals surface area (Å²) in [6.07, 6.45) is 0.835. The Balaban J connectivity index is 1.90. The van der Waals surface area contributed by atoms with Gasteiger partial charge in [0.1, 0.15) is 0 Å². The van der Waals surface area contributed by atoms with Crippen molar-refractivity contribution in [2.75, 3.05) is 11.9 Å². The topological polar surface area (TPSA) is 71.1 Å². The van der Waals surface area contributed by atoms with Gasteiger partial charge in [-0.2, -0.15) is 0 Å². The molecule has 0 aliphatic heterocycles. The predicted molar refractivity (Wildman–Crippen MR) is 96.4 cm³/mol. The number of anilines is 1. The molecule has 1 aromatic heterocycles. The molecular formula is C15H16IN3O2S. The van der Waals surface area contributed by atoms with Crippen LogP contribution in [0, 0.1) is 10.5 Å². The number of amides is 2. The lowest BCUT2D eigenvalue weighted by molar-refractivity contribution is -0.115. The summed E-state index contributed by atoms with van der Waals surface area (Å²) in [5.74, 6) is -0.541. The van der Waals surface area contributed by atoms with Crippen LogP contribution in [0.25, 0.3) is 0 Å². The van der Waals surface area contributed by atoms with Gasteiger partial charge in [-0.1, -0.05) is 19.1 Å². The van der Waals surface area contributed by atoms with E-state index in [1.807, 2.05) is 26.0 Å². The van der Waals surface area contributed by atoms with Gasteiger partial charge in [0, 0.05) is 8.45 Å². The standard InChI is InChI=1S/C15H16IN3O2S/c1-3-12-9(2)22-15(18-12)19-13(20)8-17-14(21)10-6-4-5-7-11(10)16/h4-7H,3,8H2,1-2H3,(H,17,21)(H,18,19,20). The maximum absolute atomic E-state index is 12.0. The molecule has 2 amide bonds. The van der Waals surface area contributed by atoms with E-state index in [9.17, 15) is 9.59 Å². The largest absolute Gasteiger partial charge is 0.343 e. The highest BCUT2D eigenvalue weighted by Gasteiger charge is 2.12. The van der Waals surface area contributed by atoms with Gasteiger partial charge in [0.2, 0.25) is 5.91 Å². The molecule has 0 spiro atoms. The van der Waals surface area contributed by atoms with Crippen molar-refractivity contribution in [2.24, 2.45) is 0 Å². The highest BCUT2D eigenvalue weighted by atomic mass is 127. The summed E-state index contributed by atoms with van der Waals surface area (Å²) < 4.78 is 0.848. The van der Waals surface area contributed by atoms with E-state index in [2.05, 4.69) is 38.2 Å². The third-order valence-corrected chi connectivity index (χ3v) is 4.87. The van der Waals surface area contributed by atoms with Crippen LogP contribution in [0.2, 0.25) is 0 Å². The molecule has 2 aromatic rings. The van der Waals surface area contributed by atoms with Gasteiger partial charge in [-0.25, -0.2) is 4.98 Å². The molecule has 7 heteroatoms. The average Bonchev–Trinajstić information content (AvgIpc) is 2.85. The maximum atomic E-state index is 12.0. The maximum Gasteiger partial charge on any atom is 0.252 e. The molecule has 5 nitrogen and oxygen atoms in total. The van der Waals surface area contributed by atoms with Gasteiger partial charge in [-0.05, 0) is 48.1 Å². The third-order valence-electron chi connectivity index (χ3n) is 3.00. The Bertz CT molecular complexity index is 700. The van der Waals surface area contributed by atoms with Crippen LogP contribution in [0.4, 0.5) is 5.13 Å². The normalized spacial score (nSPS) is 10.3. The number of carbonyl (C=O) groups is 2. The summed E-state index contributed by atoms with van der Waals surface area (Å²) in [4.78, 5) is 29.3. The zero-order valence-electron chi connectivity index (χ0n) is 12.3. The number of aromatic nitrogens is 1. The Morgan fingerprint density at radius 2 is 2.05 bits per heavy atom. The van der Waals surface area contributed by atoms with Crippen LogP contribution in [-0.4, -0.2) is 23.3 Å². The first kappa shape index (κ1) is 16.9. The lowest BCUT2D eigenvalue weighted by atomic mass is 10.2. The number of benzene rings is 1. The molecule has 0 radical (unpaired) electrons. The first-order valence-electron chi connectivity index (χ1n) is 6.80. The molecule has 1 aromatic carbocycles. The van der Waals surface area contributed by atoms with Crippen LogP contribution in [0.5, 0.6) is 0 Å². The van der Waals surface area contributed by atoms with Gasteiger partial charge in [0.05, 0.1) is 17.8 Å². The van der Waals surface area contributed by atoms with Gasteiger partial charge in [-0.15, -0.1) is 11.3 Å². The first-order chi connectivity index (χ1) is 10.5. The molecule has 0 bridgehead atoms. The van der Waals surface area contributed by atoms with Crippen molar-refractivity contribution in [3.8, 4) is 0 Å². The first-order valence-corrected chi connectivity index (χ1v) is 8.69. The average molecular weight is 429 g/mol. The van der Waals surface area contributed by atoms with E-state index in [1.165, 1.54) is 11.3 Å². The van der Waals surface area contributed by atoms with Crippen molar-refractivity contribution in [1.29, 1.82) is 0 Å². The number of carbonyl (C=O) groups excluding carboxylic acids is 2. The number of halogens is 1. The Labute approximate surface area is 146 Å². The van der Waals surface area contributed by atoms with Crippen LogP contribution < -0.4 is 10.6 Å². The summed E-state index contributed by atoms with van der Waals surface area (Å²) in [7, 11) is 0. The molecule has 0 saturated carbocycles. The minimum Gasteiger partial charge on any atom is -0.343 e. The van der Waals surface area contributed by atoms with Crippen LogP contribution in [0.1, 0.15) is 27.9 Å². The Morgan fingerprint density at radius 1 is 1.32 bits per heavy atom. The van der Waals surface area contributed by atoms with Crippen molar-refractivity contribution < 1.29 is 9.59 Å². The number of hydrogen-bond donors (Lipinski definition) is 2. The smallest absolute Gasteiger partial charge is 0.252 e. The number of nitrogens with zero attached hydrogens (tertiary/aromatic N) is 1. The fraction of sp³-hybridized carbons (Fsp3) is 0.267. The Kier molecular flexibility index (Phi) is 5.90. The predicted octanol–water partition coefficient (Wildman–Crippen LogP) is 2.99. The number of aryl methyl sites for hydroxylation is 2. The van der Waals surface area contributed by atoms with Crippen LogP contribution >= 0.6 is 33.9 Å². The molecule has 0 fully saturated rings. The second kappa shape index (κ2) is 7.68. The highest BCUT2D eigenvalue weighted by molar-refractivity contribution is 14.1. The zero-order chi connectivity index (χ0) is 16.1. The molecule has 116 valence electrons. The summed E-state index contributed by atoms with van der Waals surface area (Å²) >= 11 is 3.54. The molecule has 2 N–H and O–H groups in total. The van der Waals surface area contributed by atoms with E-state index in [1.54, 1.807) is 12.1 Å². The molecule has 0 aliphatic carbocycles. The fourth-order valence-electron chi connectivity index (χ4n) is 1.87. The molecule has 1 heterocycles. The summed E-state index contributed by atoms with van der Waals surface area (Å²) in [6.45, 7) is 3.92. The molecule has 0 saturated heterocycles. The van der Waals surface area contributed by atoms with Crippen molar-refractivity contribution in [3.63, 3.8) is 0 Å². The minimum absolute atomic E-state index is 0.0795. The quantitative estimate of drug-likeness (QED) is 0.719. The van der Waals surface area contributed by atoms with E-state index in [-0.39, 0.29) is 18.4 Å². The SMILES string of the molecule is CCc1nc(NC(=O)CNC(=O)c2ccccc2I)sc1C. The van der Waals surface area contributed by atoms with Gasteiger partial charge in [-0.3, -0.25) is 9.59 Å². The fourth-order valence-corrected chi connectivity index (χ4v) is 3.42. The molecule has 0 aliphatic rings. The van der Waals surface area contributed by atoms with Gasteiger partial charge in [0.15, 0.2) is 5.13 Å². The monoisotopic (exact) mass is 429 g/mol. The van der Waals surface area contributed by atoms with E-state index in [4.69, 9.17) is 0 Å². The third kappa shape index (κ3) is 4.26. The number of rotatable bonds is 5. The number of thiazole rings is 1. The second-order valence-corrected chi connectivity index (χ2v) is 6.95. The van der Waals surface area contributed by atoms with Gasteiger partial charge < -0.3 is 10.6 Å². The van der Waals surface area contributed by atoms with Crippen molar-refractivity contribution in [3.05, 3.63) is 44.0 Å². The number of nitrogens with one attached hydrogen (secondary N) is 2. The molecule has 0 unspecified atom stereocenters. The molecular weight excluding hydrogens is 413 g/mol. The van der Waals surface area contributed by atoms with Crippen molar-refractivity contribution in [1.82, 2.24) is 10.3 Å². The zero-order valence-corrected chi connectivity index (χ0v) is 15.2. The van der Waals surface area contributed by atoms with E-state index >= 15 is 0 Å². The van der Waals surface area contributed by atoms with Crippen LogP contribution in [0.3, 0.4) is 0 Å². The van der Waals surface area contributed by atoms with E-state index in [0.29, 0.717) is 10.7 Å². The number of hydrogen-bond acceptors (Lipinski definition) is 4. The van der Waals surface area contributed by atoms with E-state index in [0.717, 1.165) is 20.6 Å². The Hall–Kier alpha value is -1.48.